The lowest BCUT2D eigenvalue weighted by Gasteiger charge is -2.08. The van der Waals surface area contributed by atoms with Crippen LogP contribution in [0.15, 0.2) is 43.0 Å². The molecule has 0 saturated carbocycles. The third-order valence-corrected chi connectivity index (χ3v) is 4.40. The van der Waals surface area contributed by atoms with E-state index in [1.165, 1.54) is 7.11 Å². The molecule has 0 aliphatic rings. The molecule has 4 aromatic heterocycles. The van der Waals surface area contributed by atoms with Crippen molar-refractivity contribution >= 4 is 10.9 Å². The fourth-order valence-corrected chi connectivity index (χ4v) is 3.01. The Hall–Kier alpha value is -3.59. The van der Waals surface area contributed by atoms with Crippen molar-refractivity contribution < 1.29 is 19.7 Å². The van der Waals surface area contributed by atoms with Crippen molar-refractivity contribution in [3.63, 3.8) is 0 Å². The number of fused-ring (bicyclic) bond motifs is 1. The van der Waals surface area contributed by atoms with Crippen LogP contribution in [0.3, 0.4) is 0 Å². The monoisotopic (exact) mass is 381 g/mol. The number of ether oxygens (including phenoxy) is 2. The molecule has 0 aliphatic heterocycles. The summed E-state index contributed by atoms with van der Waals surface area (Å²) in [4.78, 5) is 8.88. The number of nitrogens with zero attached hydrogens (tertiary/aromatic N) is 5. The molecule has 9 heteroatoms. The molecule has 0 aliphatic carbocycles. The first-order valence-electron chi connectivity index (χ1n) is 8.57. The predicted molar refractivity (Wildman–Crippen MR) is 102 cm³/mol. The summed E-state index contributed by atoms with van der Waals surface area (Å²) in [6.45, 7) is 0.376. The van der Waals surface area contributed by atoms with E-state index in [1.807, 2.05) is 6.07 Å². The van der Waals surface area contributed by atoms with Crippen molar-refractivity contribution in [3.8, 4) is 34.5 Å². The van der Waals surface area contributed by atoms with Gasteiger partial charge in [-0.3, -0.25) is 9.25 Å². The van der Waals surface area contributed by atoms with E-state index in [0.29, 0.717) is 40.5 Å². The number of hydrogen-bond acceptors (Lipinski definition) is 7. The van der Waals surface area contributed by atoms with Gasteiger partial charge in [0.2, 0.25) is 5.88 Å². The highest BCUT2D eigenvalue weighted by Gasteiger charge is 2.15. The molecule has 0 bridgehead atoms. The van der Waals surface area contributed by atoms with Crippen LogP contribution in [0, 0.1) is 0 Å². The molecular weight excluding hydrogens is 362 g/mol. The Morgan fingerprint density at radius 3 is 2.71 bits per heavy atom. The second-order valence-corrected chi connectivity index (χ2v) is 6.07. The molecule has 0 unspecified atom stereocenters. The molecule has 9 nitrogen and oxygen atoms in total. The first-order valence-corrected chi connectivity index (χ1v) is 8.57. The highest BCUT2D eigenvalue weighted by molar-refractivity contribution is 5.87. The van der Waals surface area contributed by atoms with Gasteiger partial charge < -0.3 is 19.7 Å². The summed E-state index contributed by atoms with van der Waals surface area (Å²) < 4.78 is 13.7. The second kappa shape index (κ2) is 7.20. The number of aliphatic hydroxyl groups is 1. The summed E-state index contributed by atoms with van der Waals surface area (Å²) in [5.74, 6) is 0.984. The molecule has 2 N–H and O–H groups in total. The molecule has 0 fully saturated rings. The predicted octanol–water partition coefficient (Wildman–Crippen LogP) is 2.00. The van der Waals surface area contributed by atoms with Crippen molar-refractivity contribution in [1.29, 1.82) is 0 Å². The summed E-state index contributed by atoms with van der Waals surface area (Å²) in [7, 11) is 3.08. The van der Waals surface area contributed by atoms with Crippen molar-refractivity contribution in [2.24, 2.45) is 0 Å². The molecule has 0 atom stereocenters. The van der Waals surface area contributed by atoms with Crippen molar-refractivity contribution in [2.75, 3.05) is 20.8 Å². The first-order chi connectivity index (χ1) is 13.6. The number of rotatable bonds is 6. The summed E-state index contributed by atoms with van der Waals surface area (Å²) in [5, 5.41) is 24.4. The summed E-state index contributed by atoms with van der Waals surface area (Å²) in [5.41, 5.74) is 2.76. The number of aliphatic hydroxyl groups excluding tert-OH is 1. The number of aromatic nitrogens is 5. The van der Waals surface area contributed by atoms with Crippen LogP contribution in [0.1, 0.15) is 0 Å². The molecule has 4 aromatic rings. The van der Waals surface area contributed by atoms with Crippen molar-refractivity contribution in [1.82, 2.24) is 24.3 Å². The number of aromatic hydroxyl groups is 1. The Balaban J connectivity index is 1.75. The molecule has 0 radical (unpaired) electrons. The lowest BCUT2D eigenvalue weighted by atomic mass is 10.1. The SMILES string of the molecule is COc1cc(-c2ccc3c(O)n(-c4cnn(CCO)c4)cc3n2)cnc1OC. The smallest absolute Gasteiger partial charge is 0.256 e. The minimum atomic E-state index is -0.00890. The summed E-state index contributed by atoms with van der Waals surface area (Å²) in [6, 6.07) is 5.42. The van der Waals surface area contributed by atoms with Gasteiger partial charge >= 0.3 is 0 Å². The fourth-order valence-electron chi connectivity index (χ4n) is 3.01. The van der Waals surface area contributed by atoms with Crippen molar-refractivity contribution in [3.05, 3.63) is 43.0 Å². The molecule has 0 saturated heterocycles. The third kappa shape index (κ3) is 3.01. The average molecular weight is 381 g/mol. The number of pyridine rings is 2. The van der Waals surface area contributed by atoms with E-state index in [-0.39, 0.29) is 12.5 Å². The van der Waals surface area contributed by atoms with Crippen LogP contribution in [-0.4, -0.2) is 55.4 Å². The zero-order chi connectivity index (χ0) is 19.7. The zero-order valence-electron chi connectivity index (χ0n) is 15.4. The molecular formula is C19H19N5O4. The van der Waals surface area contributed by atoms with Crippen LogP contribution in [0.2, 0.25) is 0 Å². The topological polar surface area (TPSA) is 107 Å². The highest BCUT2D eigenvalue weighted by atomic mass is 16.5. The Labute approximate surface area is 160 Å². The van der Waals surface area contributed by atoms with E-state index in [4.69, 9.17) is 14.6 Å². The largest absolute Gasteiger partial charge is 0.494 e. The molecule has 0 amide bonds. The molecule has 4 rings (SSSR count). The average Bonchev–Trinajstić information content (AvgIpc) is 3.31. The Bertz CT molecular complexity index is 1130. The fraction of sp³-hybridized carbons (Fsp3) is 0.211. The van der Waals surface area contributed by atoms with Gasteiger partial charge in [0.1, 0.15) is 0 Å². The lowest BCUT2D eigenvalue weighted by molar-refractivity contribution is 0.269. The lowest BCUT2D eigenvalue weighted by Crippen LogP contribution is -2.01. The van der Waals surface area contributed by atoms with Gasteiger partial charge in [0, 0.05) is 24.2 Å². The molecule has 144 valence electrons. The standard InChI is InChI=1S/C19H19N5O4/c1-27-17-7-12(8-20-18(17)28-2)15-4-3-14-16(22-15)11-24(19(14)26)13-9-21-23(10-13)5-6-25/h3-4,7-11,25-26H,5-6H2,1-2H3. The van der Waals surface area contributed by atoms with Gasteiger partial charge in [0.25, 0.3) is 5.88 Å². The van der Waals surface area contributed by atoms with Crippen LogP contribution in [0.4, 0.5) is 0 Å². The Morgan fingerprint density at radius 1 is 1.11 bits per heavy atom. The number of methoxy groups -OCH3 is 2. The van der Waals surface area contributed by atoms with E-state index in [0.717, 1.165) is 5.56 Å². The van der Waals surface area contributed by atoms with Crippen LogP contribution in [0.5, 0.6) is 17.5 Å². The van der Waals surface area contributed by atoms with Crippen molar-refractivity contribution in [2.45, 2.75) is 6.54 Å². The quantitative estimate of drug-likeness (QED) is 0.526. The van der Waals surface area contributed by atoms with E-state index >= 15 is 0 Å². The Morgan fingerprint density at radius 2 is 1.96 bits per heavy atom. The van der Waals surface area contributed by atoms with Crippen LogP contribution >= 0.6 is 0 Å². The third-order valence-electron chi connectivity index (χ3n) is 4.40. The van der Waals surface area contributed by atoms with Gasteiger partial charge in [-0.25, -0.2) is 9.97 Å². The van der Waals surface area contributed by atoms with Crippen LogP contribution in [-0.2, 0) is 6.54 Å². The van der Waals surface area contributed by atoms with E-state index in [1.54, 1.807) is 53.3 Å². The van der Waals surface area contributed by atoms with E-state index in [2.05, 4.69) is 15.1 Å². The molecule has 28 heavy (non-hydrogen) atoms. The maximum Gasteiger partial charge on any atom is 0.256 e. The van der Waals surface area contributed by atoms with Crippen LogP contribution < -0.4 is 9.47 Å². The molecule has 0 aromatic carbocycles. The zero-order valence-corrected chi connectivity index (χ0v) is 15.4. The van der Waals surface area contributed by atoms with Gasteiger partial charge in [0.15, 0.2) is 5.75 Å². The van der Waals surface area contributed by atoms with Gasteiger partial charge in [-0.05, 0) is 18.2 Å². The van der Waals surface area contributed by atoms with Crippen LogP contribution in [0.25, 0.3) is 27.8 Å². The van der Waals surface area contributed by atoms with E-state index < -0.39 is 0 Å². The number of hydrogen-bond donors (Lipinski definition) is 2. The highest BCUT2D eigenvalue weighted by Crippen LogP contribution is 2.33. The molecule has 0 spiro atoms. The normalized spacial score (nSPS) is 11.1. The van der Waals surface area contributed by atoms with Gasteiger partial charge in [0.05, 0.1) is 55.9 Å². The molecule has 4 heterocycles. The summed E-state index contributed by atoms with van der Waals surface area (Å²) in [6.07, 6.45) is 6.76. The second-order valence-electron chi connectivity index (χ2n) is 6.07. The van der Waals surface area contributed by atoms with Gasteiger partial charge in [-0.1, -0.05) is 0 Å². The first kappa shape index (κ1) is 17.8. The maximum absolute atomic E-state index is 10.6. The summed E-state index contributed by atoms with van der Waals surface area (Å²) >= 11 is 0. The minimum absolute atomic E-state index is 0.00890. The minimum Gasteiger partial charge on any atom is -0.494 e. The van der Waals surface area contributed by atoms with E-state index in [9.17, 15) is 5.11 Å². The van der Waals surface area contributed by atoms with Gasteiger partial charge in [-0.2, -0.15) is 5.10 Å². The van der Waals surface area contributed by atoms with Gasteiger partial charge in [-0.15, -0.1) is 0 Å². The maximum atomic E-state index is 10.6. The Kier molecular flexibility index (Phi) is 4.58.